The molecular formula is C72H84N20O8S4. The summed E-state index contributed by atoms with van der Waals surface area (Å²) in [5.41, 5.74) is 9.62. The van der Waals surface area contributed by atoms with E-state index in [-0.39, 0.29) is 43.7 Å². The molecule has 0 aliphatic carbocycles. The summed E-state index contributed by atoms with van der Waals surface area (Å²) in [7, 11) is -12.9. The first-order valence-corrected chi connectivity index (χ1v) is 40.4. The van der Waals surface area contributed by atoms with Crippen LogP contribution in [0.15, 0.2) is 190 Å². The van der Waals surface area contributed by atoms with Gasteiger partial charge in [0.1, 0.15) is 23.3 Å². The highest BCUT2D eigenvalue weighted by Gasteiger charge is 2.20. The minimum atomic E-state index is -3.21. The standard InChI is InChI=1S/4C18H21N5O2S/c4*1-12(2)23-13(3)20-11-17(23)16-9-10-19-18(22-16)21-14-5-7-15(8-6-14)26(4,24)25/h4*5-12H,1-4H3,(H,19,21,22). The zero-order chi connectivity index (χ0) is 75.6. The average Bonchev–Trinajstić information content (AvgIpc) is 1.44. The Labute approximate surface area is 606 Å². The summed E-state index contributed by atoms with van der Waals surface area (Å²) in [6, 6.07) is 34.4. The van der Waals surface area contributed by atoms with Gasteiger partial charge in [-0.15, -0.1) is 0 Å². The average molecular weight is 1490 g/mol. The first-order valence-electron chi connectivity index (χ1n) is 32.8. The smallest absolute Gasteiger partial charge is 0.227 e. The number of hydrogen-bond donors (Lipinski definition) is 4. The largest absolute Gasteiger partial charge is 0.324 e. The molecule has 0 amide bonds. The number of hydrogen-bond acceptors (Lipinski definition) is 24. The van der Waals surface area contributed by atoms with Crippen molar-refractivity contribution in [3.05, 3.63) is 194 Å². The summed E-state index contributed by atoms with van der Waals surface area (Å²) in [6.45, 7) is 24.7. The van der Waals surface area contributed by atoms with Crippen molar-refractivity contribution in [1.82, 2.24) is 78.1 Å². The number of aryl methyl sites for hydroxylation is 4. The lowest BCUT2D eigenvalue weighted by Gasteiger charge is -2.14. The number of nitrogens with one attached hydrogen (secondary N) is 4. The molecule has 32 heteroatoms. The van der Waals surface area contributed by atoms with Crippen LogP contribution in [0.25, 0.3) is 45.6 Å². The molecule has 104 heavy (non-hydrogen) atoms. The van der Waals surface area contributed by atoms with Crippen LogP contribution >= 0.6 is 0 Å². The van der Waals surface area contributed by atoms with Gasteiger partial charge in [-0.1, -0.05) is 0 Å². The summed E-state index contributed by atoms with van der Waals surface area (Å²) in [5.74, 6) is 5.46. The topological polar surface area (TPSA) is 359 Å². The molecule has 0 unspecified atom stereocenters. The van der Waals surface area contributed by atoms with Crippen molar-refractivity contribution in [2.24, 2.45) is 0 Å². The molecule has 0 fully saturated rings. The summed E-state index contributed by atoms with van der Waals surface area (Å²) < 4.78 is 101. The molecule has 28 nitrogen and oxygen atoms in total. The number of rotatable bonds is 20. The maximum atomic E-state index is 11.5. The van der Waals surface area contributed by atoms with Gasteiger partial charge >= 0.3 is 0 Å². The van der Waals surface area contributed by atoms with Crippen LogP contribution in [0.5, 0.6) is 0 Å². The fourth-order valence-electron chi connectivity index (χ4n) is 11.1. The van der Waals surface area contributed by atoms with Crippen LogP contribution in [-0.2, 0) is 39.3 Å². The first-order chi connectivity index (χ1) is 49.0. The maximum Gasteiger partial charge on any atom is 0.227 e. The number of imidazole rings is 4. The molecule has 4 N–H and O–H groups in total. The molecule has 0 saturated heterocycles. The summed E-state index contributed by atoms with van der Waals surface area (Å²) in [5, 5.41) is 12.4. The fourth-order valence-corrected chi connectivity index (χ4v) is 13.6. The Bertz CT molecular complexity index is 4770. The summed E-state index contributed by atoms with van der Waals surface area (Å²) in [4.78, 5) is 53.9. The van der Waals surface area contributed by atoms with E-state index in [2.05, 4.69) is 155 Å². The Morgan fingerprint density at radius 1 is 0.269 bits per heavy atom. The Balaban J connectivity index is 0.000000161. The van der Waals surface area contributed by atoms with Gasteiger partial charge < -0.3 is 39.5 Å². The van der Waals surface area contributed by atoms with Crippen molar-refractivity contribution in [2.75, 3.05) is 46.3 Å². The quantitative estimate of drug-likeness (QED) is 0.0550. The summed E-state index contributed by atoms with van der Waals surface area (Å²) >= 11 is 0. The predicted octanol–water partition coefficient (Wildman–Crippen LogP) is 13.5. The minimum absolute atomic E-state index is 0.266. The van der Waals surface area contributed by atoms with E-state index in [9.17, 15) is 33.7 Å². The number of benzene rings is 4. The molecule has 0 radical (unpaired) electrons. The second-order valence-corrected chi connectivity index (χ2v) is 33.4. The molecule has 8 aromatic heterocycles. The third kappa shape index (κ3) is 19.8. The molecular weight excluding hydrogens is 1400 g/mol. The Kier molecular flexibility index (Phi) is 24.2. The van der Waals surface area contributed by atoms with Gasteiger partial charge in [0.25, 0.3) is 0 Å². The van der Waals surface area contributed by atoms with Crippen molar-refractivity contribution in [1.29, 1.82) is 0 Å². The molecule has 0 atom stereocenters. The third-order valence-corrected chi connectivity index (χ3v) is 20.3. The number of sulfone groups is 4. The highest BCUT2D eigenvalue weighted by Crippen LogP contribution is 2.30. The van der Waals surface area contributed by atoms with Gasteiger partial charge in [-0.3, -0.25) is 0 Å². The van der Waals surface area contributed by atoms with Gasteiger partial charge in [-0.25, -0.2) is 93.5 Å². The minimum Gasteiger partial charge on any atom is -0.324 e. The van der Waals surface area contributed by atoms with E-state index < -0.39 is 39.3 Å². The van der Waals surface area contributed by atoms with Crippen LogP contribution in [-0.4, -0.2) is 137 Å². The van der Waals surface area contributed by atoms with E-state index in [0.717, 1.165) is 68.8 Å². The van der Waals surface area contributed by atoms with Crippen LogP contribution in [0.1, 0.15) is 103 Å². The van der Waals surface area contributed by atoms with Crippen LogP contribution in [0, 0.1) is 27.7 Å². The second kappa shape index (κ2) is 32.6. The number of aromatic nitrogens is 16. The lowest BCUT2D eigenvalue weighted by molar-refractivity contribution is 0.587. The van der Waals surface area contributed by atoms with Gasteiger partial charge in [0.05, 0.1) is 89.9 Å². The zero-order valence-corrected chi connectivity index (χ0v) is 63.8. The second-order valence-electron chi connectivity index (χ2n) is 25.4. The van der Waals surface area contributed by atoms with Crippen molar-refractivity contribution < 1.29 is 33.7 Å². The van der Waals surface area contributed by atoms with Gasteiger partial charge in [0.2, 0.25) is 23.8 Å². The lowest BCUT2D eigenvalue weighted by atomic mass is 10.2. The highest BCUT2D eigenvalue weighted by atomic mass is 32.2. The van der Waals surface area contributed by atoms with Crippen molar-refractivity contribution >= 4 is 85.9 Å². The Hall–Kier alpha value is -11.0. The van der Waals surface area contributed by atoms with E-state index in [1.807, 2.05) is 76.7 Å². The molecule has 544 valence electrons. The molecule has 0 spiro atoms. The van der Waals surface area contributed by atoms with Crippen LogP contribution in [0.2, 0.25) is 0 Å². The van der Waals surface area contributed by atoms with E-state index in [1.54, 1.807) is 122 Å². The van der Waals surface area contributed by atoms with Crippen LogP contribution in [0.3, 0.4) is 0 Å². The SMILES string of the molecule is Cc1ncc(-c2ccnc(Nc3ccc(S(C)(=O)=O)cc3)n2)n1C(C)C.Cc1ncc(-c2ccnc(Nc3ccc(S(C)(=O)=O)cc3)n2)n1C(C)C.Cc1ncc(-c2ccnc(Nc3ccc(S(C)(=O)=O)cc3)n2)n1C(C)C.Cc1ncc(-c2ccnc(Nc3ccc(S(C)(=O)=O)cc3)n2)n1C(C)C. The van der Waals surface area contributed by atoms with Gasteiger partial charge in [0.15, 0.2) is 39.3 Å². The van der Waals surface area contributed by atoms with Crippen molar-refractivity contribution in [3.63, 3.8) is 0 Å². The molecule has 0 aliphatic heterocycles. The maximum absolute atomic E-state index is 11.5. The normalized spacial score (nSPS) is 11.7. The zero-order valence-electron chi connectivity index (χ0n) is 60.5. The molecule has 0 aliphatic rings. The number of anilines is 8. The van der Waals surface area contributed by atoms with E-state index >= 15 is 0 Å². The number of nitrogens with zero attached hydrogens (tertiary/aromatic N) is 16. The van der Waals surface area contributed by atoms with E-state index in [0.29, 0.717) is 46.5 Å². The van der Waals surface area contributed by atoms with Gasteiger partial charge in [-0.05, 0) is 204 Å². The predicted molar refractivity (Wildman–Crippen MR) is 405 cm³/mol. The lowest BCUT2D eigenvalue weighted by Crippen LogP contribution is -2.06. The van der Waals surface area contributed by atoms with Crippen LogP contribution < -0.4 is 21.3 Å². The third-order valence-electron chi connectivity index (χ3n) is 15.8. The van der Waals surface area contributed by atoms with E-state index in [1.165, 1.54) is 25.0 Å². The molecule has 12 aromatic rings. The molecule has 0 saturated carbocycles. The molecule has 8 heterocycles. The first kappa shape index (κ1) is 77.2. The van der Waals surface area contributed by atoms with Gasteiger partial charge in [-0.2, -0.15) is 0 Å². The van der Waals surface area contributed by atoms with Crippen molar-refractivity contribution in [3.8, 4) is 45.6 Å². The molecule has 4 aromatic carbocycles. The van der Waals surface area contributed by atoms with Gasteiger partial charge in [0, 0.05) is 96.7 Å². The molecule has 12 rings (SSSR count). The highest BCUT2D eigenvalue weighted by molar-refractivity contribution is 7.91. The van der Waals surface area contributed by atoms with Crippen LogP contribution in [0.4, 0.5) is 46.5 Å². The Morgan fingerprint density at radius 3 is 0.596 bits per heavy atom. The summed E-state index contributed by atoms with van der Waals surface area (Å²) in [6.07, 6.45) is 18.7. The Morgan fingerprint density at radius 2 is 0.442 bits per heavy atom. The van der Waals surface area contributed by atoms with Crippen molar-refractivity contribution in [2.45, 2.75) is 127 Å². The monoisotopic (exact) mass is 1480 g/mol. The van der Waals surface area contributed by atoms with E-state index in [4.69, 9.17) is 0 Å². The fraction of sp³-hybridized carbons (Fsp3) is 0.278. The molecule has 0 bridgehead atoms.